The average molecular weight is 188 g/mol. The molecule has 0 radical (unpaired) electrons. The Balaban J connectivity index is 1.79. The minimum atomic E-state index is 0.953. The third kappa shape index (κ3) is 2.42. The Hall–Kier alpha value is -1.64. The van der Waals surface area contributed by atoms with Crippen molar-refractivity contribution < 1.29 is 4.42 Å². The molecule has 0 amide bonds. The zero-order valence-corrected chi connectivity index (χ0v) is 7.89. The van der Waals surface area contributed by atoms with Gasteiger partial charge in [0.25, 0.3) is 0 Å². The number of hydrogen-bond acceptors (Lipinski definition) is 3. The van der Waals surface area contributed by atoms with E-state index in [0.29, 0.717) is 0 Å². The highest BCUT2D eigenvalue weighted by Gasteiger charge is 1.97. The summed E-state index contributed by atoms with van der Waals surface area (Å²) in [5.41, 5.74) is 1.04. The zero-order chi connectivity index (χ0) is 9.64. The first-order valence-corrected chi connectivity index (χ1v) is 4.72. The molecule has 2 heterocycles. The van der Waals surface area contributed by atoms with Gasteiger partial charge in [0.1, 0.15) is 5.76 Å². The van der Waals surface area contributed by atoms with Gasteiger partial charge in [-0.3, -0.25) is 9.97 Å². The molecule has 2 aromatic rings. The lowest BCUT2D eigenvalue weighted by molar-refractivity contribution is 0.501. The van der Waals surface area contributed by atoms with Crippen LogP contribution in [0.2, 0.25) is 0 Å². The smallest absolute Gasteiger partial charge is 0.103 e. The van der Waals surface area contributed by atoms with Crippen LogP contribution in [0.1, 0.15) is 17.9 Å². The molecular formula is C11H12N2O. The highest BCUT2D eigenvalue weighted by molar-refractivity contribution is 5.00. The van der Waals surface area contributed by atoms with E-state index >= 15 is 0 Å². The molecule has 3 nitrogen and oxygen atoms in total. The lowest BCUT2D eigenvalue weighted by Crippen LogP contribution is -1.92. The number of aromatic nitrogens is 2. The first-order chi connectivity index (χ1) is 6.95. The van der Waals surface area contributed by atoms with Crippen LogP contribution in [-0.4, -0.2) is 9.97 Å². The number of aryl methyl sites for hydroxylation is 2. The third-order valence-electron chi connectivity index (χ3n) is 2.05. The summed E-state index contributed by atoms with van der Waals surface area (Å²) in [6.45, 7) is 0. The molecule has 0 aromatic carbocycles. The molecule has 14 heavy (non-hydrogen) atoms. The molecule has 2 rings (SSSR count). The van der Waals surface area contributed by atoms with E-state index in [9.17, 15) is 0 Å². The Morgan fingerprint density at radius 2 is 2.21 bits per heavy atom. The van der Waals surface area contributed by atoms with Crippen molar-refractivity contribution >= 4 is 0 Å². The fourth-order valence-electron chi connectivity index (χ4n) is 1.36. The fraction of sp³-hybridized carbons (Fsp3) is 0.273. The summed E-state index contributed by atoms with van der Waals surface area (Å²) in [5, 5.41) is 0. The van der Waals surface area contributed by atoms with Crippen molar-refractivity contribution in [3.05, 3.63) is 48.4 Å². The van der Waals surface area contributed by atoms with Gasteiger partial charge in [0, 0.05) is 25.0 Å². The molecule has 0 saturated heterocycles. The first-order valence-electron chi connectivity index (χ1n) is 4.72. The summed E-state index contributed by atoms with van der Waals surface area (Å²) in [6, 6.07) is 3.91. The van der Waals surface area contributed by atoms with Crippen LogP contribution in [0, 0.1) is 0 Å². The maximum absolute atomic E-state index is 5.24. The molecule has 0 aliphatic carbocycles. The molecule has 0 spiro atoms. The molecule has 0 atom stereocenters. The molecule has 0 bridgehead atoms. The lowest BCUT2D eigenvalue weighted by atomic mass is 10.2. The molecular weight excluding hydrogens is 176 g/mol. The van der Waals surface area contributed by atoms with Gasteiger partial charge in [-0.15, -0.1) is 0 Å². The van der Waals surface area contributed by atoms with Crippen LogP contribution in [0.3, 0.4) is 0 Å². The van der Waals surface area contributed by atoms with Crippen molar-refractivity contribution in [2.24, 2.45) is 0 Å². The van der Waals surface area contributed by atoms with E-state index < -0.39 is 0 Å². The number of nitrogens with zero attached hydrogens (tertiary/aromatic N) is 2. The van der Waals surface area contributed by atoms with Crippen LogP contribution in [-0.2, 0) is 12.8 Å². The Bertz CT molecular complexity index is 356. The van der Waals surface area contributed by atoms with Crippen LogP contribution in [0.4, 0.5) is 0 Å². The van der Waals surface area contributed by atoms with Crippen molar-refractivity contribution in [3.63, 3.8) is 0 Å². The van der Waals surface area contributed by atoms with Gasteiger partial charge in [-0.25, -0.2) is 0 Å². The van der Waals surface area contributed by atoms with Gasteiger partial charge in [0.05, 0.1) is 12.0 Å². The van der Waals surface area contributed by atoms with Crippen LogP contribution in [0.25, 0.3) is 0 Å². The van der Waals surface area contributed by atoms with Gasteiger partial charge in [0.2, 0.25) is 0 Å². The average Bonchev–Trinajstić information content (AvgIpc) is 2.72. The summed E-state index contributed by atoms with van der Waals surface area (Å²) in [7, 11) is 0. The van der Waals surface area contributed by atoms with E-state index in [-0.39, 0.29) is 0 Å². The summed E-state index contributed by atoms with van der Waals surface area (Å²) < 4.78 is 5.24. The highest BCUT2D eigenvalue weighted by atomic mass is 16.3. The molecule has 0 unspecified atom stereocenters. The highest BCUT2D eigenvalue weighted by Crippen LogP contribution is 2.06. The van der Waals surface area contributed by atoms with Crippen molar-refractivity contribution in [1.29, 1.82) is 0 Å². The standard InChI is InChI=1S/C11H12N2O/c1(4-11-5-2-8-14-11)3-10-9-12-6-7-13-10/h2,5-9H,1,3-4H2. The minimum absolute atomic E-state index is 0.953. The normalized spacial score (nSPS) is 10.3. The third-order valence-corrected chi connectivity index (χ3v) is 2.05. The number of furan rings is 1. The molecule has 0 N–H and O–H groups in total. The largest absolute Gasteiger partial charge is 0.469 e. The van der Waals surface area contributed by atoms with Gasteiger partial charge in [-0.05, 0) is 25.0 Å². The van der Waals surface area contributed by atoms with E-state index in [0.717, 1.165) is 30.7 Å². The van der Waals surface area contributed by atoms with Gasteiger partial charge in [-0.2, -0.15) is 0 Å². The monoisotopic (exact) mass is 188 g/mol. The summed E-state index contributed by atoms with van der Waals surface area (Å²) in [6.07, 6.45) is 9.89. The molecule has 0 saturated carbocycles. The zero-order valence-electron chi connectivity index (χ0n) is 7.89. The predicted molar refractivity (Wildman–Crippen MR) is 52.8 cm³/mol. The molecule has 3 heteroatoms. The molecule has 0 aliphatic rings. The van der Waals surface area contributed by atoms with E-state index in [1.54, 1.807) is 18.7 Å². The second-order valence-electron chi connectivity index (χ2n) is 3.13. The summed E-state index contributed by atoms with van der Waals surface area (Å²) in [4.78, 5) is 8.22. The molecule has 0 fully saturated rings. The Kier molecular flexibility index (Phi) is 2.91. The van der Waals surface area contributed by atoms with Gasteiger partial charge < -0.3 is 4.42 Å². The molecule has 2 aromatic heterocycles. The maximum atomic E-state index is 5.24. The summed E-state index contributed by atoms with van der Waals surface area (Å²) >= 11 is 0. The van der Waals surface area contributed by atoms with Gasteiger partial charge >= 0.3 is 0 Å². The summed E-state index contributed by atoms with van der Waals surface area (Å²) in [5.74, 6) is 1.04. The van der Waals surface area contributed by atoms with E-state index in [2.05, 4.69) is 9.97 Å². The van der Waals surface area contributed by atoms with E-state index in [4.69, 9.17) is 4.42 Å². The van der Waals surface area contributed by atoms with Crippen LogP contribution in [0.5, 0.6) is 0 Å². The number of hydrogen-bond donors (Lipinski definition) is 0. The van der Waals surface area contributed by atoms with Crippen molar-refractivity contribution in [1.82, 2.24) is 9.97 Å². The quantitative estimate of drug-likeness (QED) is 0.738. The van der Waals surface area contributed by atoms with Crippen molar-refractivity contribution in [2.45, 2.75) is 19.3 Å². The van der Waals surface area contributed by atoms with Crippen molar-refractivity contribution in [2.75, 3.05) is 0 Å². The van der Waals surface area contributed by atoms with Crippen LogP contribution in [0.15, 0.2) is 41.4 Å². The second kappa shape index (κ2) is 4.56. The SMILES string of the molecule is c1coc(CCCc2cnccn2)c1. The Morgan fingerprint density at radius 3 is 2.93 bits per heavy atom. The van der Waals surface area contributed by atoms with Crippen molar-refractivity contribution in [3.8, 4) is 0 Å². The lowest BCUT2D eigenvalue weighted by Gasteiger charge is -1.97. The van der Waals surface area contributed by atoms with Crippen LogP contribution < -0.4 is 0 Å². The topological polar surface area (TPSA) is 38.9 Å². The van der Waals surface area contributed by atoms with E-state index in [1.165, 1.54) is 0 Å². The second-order valence-corrected chi connectivity index (χ2v) is 3.13. The molecule has 0 aliphatic heterocycles. The maximum Gasteiger partial charge on any atom is 0.103 e. The Morgan fingerprint density at radius 1 is 1.21 bits per heavy atom. The molecule has 72 valence electrons. The van der Waals surface area contributed by atoms with Gasteiger partial charge in [-0.1, -0.05) is 0 Å². The van der Waals surface area contributed by atoms with Crippen LogP contribution >= 0.6 is 0 Å². The predicted octanol–water partition coefficient (Wildman–Crippen LogP) is 2.24. The fourth-order valence-corrected chi connectivity index (χ4v) is 1.36. The Labute approximate surface area is 82.8 Å². The number of rotatable bonds is 4. The minimum Gasteiger partial charge on any atom is -0.469 e. The first kappa shape index (κ1) is 8.94. The van der Waals surface area contributed by atoms with Gasteiger partial charge in [0.15, 0.2) is 0 Å². The van der Waals surface area contributed by atoms with E-state index in [1.807, 2.05) is 18.3 Å².